The van der Waals surface area contributed by atoms with E-state index in [1.54, 1.807) is 0 Å². The molecule has 0 bridgehead atoms. The summed E-state index contributed by atoms with van der Waals surface area (Å²) in [6, 6.07) is 5.02. The summed E-state index contributed by atoms with van der Waals surface area (Å²) < 4.78 is 11.6. The number of rotatable bonds is 6. The lowest BCUT2D eigenvalue weighted by Crippen LogP contribution is -2.64. The first-order valence-corrected chi connectivity index (χ1v) is 12.9. The van der Waals surface area contributed by atoms with Crippen LogP contribution in [0.15, 0.2) is 18.2 Å². The van der Waals surface area contributed by atoms with Crippen molar-refractivity contribution >= 4 is 11.3 Å². The standard InChI is InChI=1S/C26H41N5O2/c1-18-14-24(27-17-19-6-11-32-12-7-19)30-26(28-18)29-22-15-21-8-13-33-25(21)23(16-22)20-4-3-9-31(2)10-5-20/h5,15-16,18-19,24,26-30H,3-4,6-14,17H2,1-2H3. The molecule has 0 spiro atoms. The van der Waals surface area contributed by atoms with Gasteiger partial charge in [-0.3, -0.25) is 10.6 Å². The van der Waals surface area contributed by atoms with Crippen LogP contribution >= 0.6 is 0 Å². The third-order valence-electron chi connectivity index (χ3n) is 7.48. The summed E-state index contributed by atoms with van der Waals surface area (Å²) in [4.78, 5) is 2.39. The van der Waals surface area contributed by atoms with Gasteiger partial charge in [0.2, 0.25) is 0 Å². The lowest BCUT2D eigenvalue weighted by atomic mass is 9.96. The van der Waals surface area contributed by atoms with Gasteiger partial charge in [-0.05, 0) is 82.8 Å². The molecule has 7 heteroatoms. The Labute approximate surface area is 198 Å². The van der Waals surface area contributed by atoms with E-state index in [9.17, 15) is 0 Å². The highest BCUT2D eigenvalue weighted by molar-refractivity contribution is 5.76. The van der Waals surface area contributed by atoms with Crippen LogP contribution in [-0.2, 0) is 11.2 Å². The van der Waals surface area contributed by atoms with Gasteiger partial charge in [0.1, 0.15) is 12.0 Å². The first-order chi connectivity index (χ1) is 16.1. The molecule has 2 saturated heterocycles. The maximum Gasteiger partial charge on any atom is 0.133 e. The topological polar surface area (TPSA) is 69.8 Å². The number of ether oxygens (including phenoxy) is 2. The minimum atomic E-state index is 0.0309. The van der Waals surface area contributed by atoms with Crippen LogP contribution in [0.1, 0.15) is 50.2 Å². The van der Waals surface area contributed by atoms with E-state index in [1.165, 1.54) is 36.0 Å². The van der Waals surface area contributed by atoms with Gasteiger partial charge in [0, 0.05) is 49.0 Å². The summed E-state index contributed by atoms with van der Waals surface area (Å²) in [5, 5.41) is 14.9. The number of nitrogens with one attached hydrogen (secondary N) is 4. The fourth-order valence-corrected chi connectivity index (χ4v) is 5.55. The van der Waals surface area contributed by atoms with Crippen LogP contribution in [0.25, 0.3) is 5.57 Å². The smallest absolute Gasteiger partial charge is 0.133 e. The van der Waals surface area contributed by atoms with Gasteiger partial charge in [-0.25, -0.2) is 0 Å². The number of fused-ring (bicyclic) bond motifs is 1. The zero-order valence-electron chi connectivity index (χ0n) is 20.3. The van der Waals surface area contributed by atoms with Crippen LogP contribution in [0.5, 0.6) is 5.75 Å². The highest BCUT2D eigenvalue weighted by Crippen LogP contribution is 2.39. The van der Waals surface area contributed by atoms with Crippen molar-refractivity contribution in [1.82, 2.24) is 20.9 Å². The van der Waals surface area contributed by atoms with E-state index in [0.29, 0.717) is 12.2 Å². The van der Waals surface area contributed by atoms with E-state index in [0.717, 1.165) is 76.1 Å². The second kappa shape index (κ2) is 10.7. The van der Waals surface area contributed by atoms with Gasteiger partial charge in [-0.15, -0.1) is 0 Å². The molecule has 4 aliphatic rings. The van der Waals surface area contributed by atoms with Crippen LogP contribution in [-0.4, -0.2) is 69.9 Å². The van der Waals surface area contributed by atoms with Crippen LogP contribution in [0.4, 0.5) is 5.69 Å². The van der Waals surface area contributed by atoms with Gasteiger partial charge in [-0.2, -0.15) is 0 Å². The van der Waals surface area contributed by atoms with Gasteiger partial charge in [0.05, 0.1) is 12.8 Å². The highest BCUT2D eigenvalue weighted by Gasteiger charge is 2.27. The zero-order chi connectivity index (χ0) is 22.6. The quantitative estimate of drug-likeness (QED) is 0.526. The maximum absolute atomic E-state index is 6.09. The number of hydrogen-bond donors (Lipinski definition) is 4. The normalized spacial score (nSPS) is 29.2. The number of hydrogen-bond acceptors (Lipinski definition) is 7. The predicted octanol–water partition coefficient (Wildman–Crippen LogP) is 2.74. The molecule has 2 fully saturated rings. The molecule has 7 nitrogen and oxygen atoms in total. The Bertz CT molecular complexity index is 838. The molecule has 4 aliphatic heterocycles. The van der Waals surface area contributed by atoms with Gasteiger partial charge in [0.25, 0.3) is 0 Å². The molecule has 3 unspecified atom stereocenters. The number of allylic oxidation sites excluding steroid dienone is 1. The largest absolute Gasteiger partial charge is 0.492 e. The van der Waals surface area contributed by atoms with Crippen LogP contribution in [0, 0.1) is 5.92 Å². The van der Waals surface area contributed by atoms with E-state index in [2.05, 4.69) is 58.3 Å². The van der Waals surface area contributed by atoms with E-state index < -0.39 is 0 Å². The van der Waals surface area contributed by atoms with Crippen molar-refractivity contribution < 1.29 is 9.47 Å². The second-order valence-corrected chi connectivity index (χ2v) is 10.3. The van der Waals surface area contributed by atoms with E-state index in [1.807, 2.05) is 0 Å². The monoisotopic (exact) mass is 455 g/mol. The first kappa shape index (κ1) is 23.1. The summed E-state index contributed by atoms with van der Waals surface area (Å²) in [6.45, 7) is 8.08. The maximum atomic E-state index is 6.09. The van der Waals surface area contributed by atoms with Crippen molar-refractivity contribution in [3.8, 4) is 5.75 Å². The van der Waals surface area contributed by atoms with Crippen LogP contribution < -0.4 is 26.0 Å². The molecule has 0 aliphatic carbocycles. The molecule has 4 heterocycles. The minimum Gasteiger partial charge on any atom is -0.492 e. The molecule has 3 atom stereocenters. The predicted molar refractivity (Wildman–Crippen MR) is 133 cm³/mol. The Morgan fingerprint density at radius 2 is 2.00 bits per heavy atom. The molecule has 0 aromatic heterocycles. The van der Waals surface area contributed by atoms with Crippen LogP contribution in [0.2, 0.25) is 0 Å². The van der Waals surface area contributed by atoms with Crippen LogP contribution in [0.3, 0.4) is 0 Å². The van der Waals surface area contributed by atoms with E-state index >= 15 is 0 Å². The molecular formula is C26H41N5O2. The number of nitrogens with zero attached hydrogens (tertiary/aromatic N) is 1. The molecule has 5 rings (SSSR count). The molecule has 0 radical (unpaired) electrons. The number of likely N-dealkylation sites (N-methyl/N-ethyl adjacent to an activating group) is 1. The average Bonchev–Trinajstić information content (AvgIpc) is 3.18. The van der Waals surface area contributed by atoms with Crippen molar-refractivity contribution in [1.29, 1.82) is 0 Å². The summed E-state index contributed by atoms with van der Waals surface area (Å²) in [5.41, 5.74) is 5.19. The summed E-state index contributed by atoms with van der Waals surface area (Å²) in [5.74, 6) is 1.83. The Hall–Kier alpha value is -1.64. The Morgan fingerprint density at radius 1 is 1.12 bits per heavy atom. The van der Waals surface area contributed by atoms with Gasteiger partial charge >= 0.3 is 0 Å². The van der Waals surface area contributed by atoms with Gasteiger partial charge < -0.3 is 25.0 Å². The SMILES string of the molecule is CC1CC(NCC2CCOCC2)NC(Nc2cc3c(c(C4=CCN(C)CCC4)c2)OCC3)N1. The minimum absolute atomic E-state index is 0.0309. The zero-order valence-corrected chi connectivity index (χ0v) is 20.3. The summed E-state index contributed by atoms with van der Waals surface area (Å²) in [7, 11) is 2.20. The Balaban J connectivity index is 1.27. The molecule has 33 heavy (non-hydrogen) atoms. The van der Waals surface area contributed by atoms with Crippen molar-refractivity contribution in [2.45, 2.75) is 63.9 Å². The van der Waals surface area contributed by atoms with Crippen molar-refractivity contribution in [2.24, 2.45) is 5.92 Å². The lowest BCUT2D eigenvalue weighted by Gasteiger charge is -2.38. The Morgan fingerprint density at radius 3 is 2.88 bits per heavy atom. The fourth-order valence-electron chi connectivity index (χ4n) is 5.55. The fraction of sp³-hybridized carbons (Fsp3) is 0.692. The first-order valence-electron chi connectivity index (χ1n) is 12.9. The van der Waals surface area contributed by atoms with Crippen molar-refractivity contribution in [3.63, 3.8) is 0 Å². The molecule has 1 aromatic rings. The van der Waals surface area contributed by atoms with E-state index in [4.69, 9.17) is 9.47 Å². The third-order valence-corrected chi connectivity index (χ3v) is 7.48. The molecule has 0 amide bonds. The lowest BCUT2D eigenvalue weighted by molar-refractivity contribution is 0.0639. The van der Waals surface area contributed by atoms with Crippen molar-refractivity contribution in [2.75, 3.05) is 51.8 Å². The summed E-state index contributed by atoms with van der Waals surface area (Å²) in [6.07, 6.45) is 9.43. The van der Waals surface area contributed by atoms with Crippen molar-refractivity contribution in [3.05, 3.63) is 29.3 Å². The second-order valence-electron chi connectivity index (χ2n) is 10.3. The number of anilines is 1. The molecular weight excluding hydrogens is 414 g/mol. The molecule has 1 aromatic carbocycles. The average molecular weight is 456 g/mol. The third kappa shape index (κ3) is 5.89. The van der Waals surface area contributed by atoms with Gasteiger partial charge in [0.15, 0.2) is 0 Å². The molecule has 4 N–H and O–H groups in total. The molecule has 182 valence electrons. The van der Waals surface area contributed by atoms with E-state index in [-0.39, 0.29) is 6.29 Å². The number of benzene rings is 1. The summed E-state index contributed by atoms with van der Waals surface area (Å²) >= 11 is 0. The Kier molecular flexibility index (Phi) is 7.52. The highest BCUT2D eigenvalue weighted by atomic mass is 16.5. The van der Waals surface area contributed by atoms with Gasteiger partial charge in [-0.1, -0.05) is 6.08 Å². The molecule has 0 saturated carbocycles.